The third-order valence-electron chi connectivity index (χ3n) is 3.63. The molecule has 1 aromatic carbocycles. The van der Waals surface area contributed by atoms with Crippen LogP contribution in [0.2, 0.25) is 0 Å². The van der Waals surface area contributed by atoms with E-state index in [-0.39, 0.29) is 11.6 Å². The summed E-state index contributed by atoms with van der Waals surface area (Å²) in [5.41, 5.74) is 1.19. The lowest BCUT2D eigenvalue weighted by Gasteiger charge is -2.04. The van der Waals surface area contributed by atoms with Gasteiger partial charge in [0.15, 0.2) is 0 Å². The van der Waals surface area contributed by atoms with Gasteiger partial charge in [-0.15, -0.1) is 0 Å². The maximum Gasteiger partial charge on any atom is 0.471 e. The highest BCUT2D eigenvalue weighted by atomic mass is 19.4. The molecule has 0 aliphatic rings. The number of hydrogen-bond donors (Lipinski definition) is 0. The van der Waals surface area contributed by atoms with Crippen molar-refractivity contribution in [1.82, 2.24) is 20.1 Å². The first-order valence-corrected chi connectivity index (χ1v) is 7.33. The van der Waals surface area contributed by atoms with Crippen molar-refractivity contribution in [2.24, 2.45) is 0 Å². The zero-order valence-corrected chi connectivity index (χ0v) is 12.8. The highest BCUT2D eigenvalue weighted by molar-refractivity contribution is 5.85. The lowest BCUT2D eigenvalue weighted by molar-refractivity contribution is -0.159. The van der Waals surface area contributed by atoms with Crippen LogP contribution >= 0.6 is 0 Å². The van der Waals surface area contributed by atoms with Crippen molar-refractivity contribution < 1.29 is 22.1 Å². The largest absolute Gasteiger partial charge is 0.471 e. The second-order valence-corrected chi connectivity index (χ2v) is 5.41. The van der Waals surface area contributed by atoms with Gasteiger partial charge in [-0.2, -0.15) is 18.2 Å². The molecular formula is C17H8F4N4O. The molecule has 0 N–H and O–H groups in total. The van der Waals surface area contributed by atoms with Gasteiger partial charge < -0.3 is 4.52 Å². The van der Waals surface area contributed by atoms with Crippen molar-refractivity contribution in [3.63, 3.8) is 0 Å². The number of halogens is 4. The maximum absolute atomic E-state index is 13.2. The molecule has 130 valence electrons. The van der Waals surface area contributed by atoms with Gasteiger partial charge in [0.2, 0.25) is 5.82 Å². The molecule has 9 heteroatoms. The van der Waals surface area contributed by atoms with Gasteiger partial charge in [-0.25, -0.2) is 4.39 Å². The third kappa shape index (κ3) is 2.99. The van der Waals surface area contributed by atoms with E-state index in [1.807, 2.05) is 0 Å². The molecule has 4 aromatic rings. The number of aromatic nitrogens is 4. The third-order valence-corrected chi connectivity index (χ3v) is 3.63. The zero-order chi connectivity index (χ0) is 18.3. The molecule has 5 nitrogen and oxygen atoms in total. The van der Waals surface area contributed by atoms with Gasteiger partial charge in [-0.3, -0.25) is 9.97 Å². The van der Waals surface area contributed by atoms with Crippen LogP contribution in [-0.4, -0.2) is 20.1 Å². The summed E-state index contributed by atoms with van der Waals surface area (Å²) >= 11 is 0. The topological polar surface area (TPSA) is 64.7 Å². The number of rotatable bonds is 2. The Morgan fingerprint density at radius 1 is 0.885 bits per heavy atom. The second kappa shape index (κ2) is 5.87. The van der Waals surface area contributed by atoms with Gasteiger partial charge in [-0.1, -0.05) is 11.2 Å². The Balaban J connectivity index is 1.74. The van der Waals surface area contributed by atoms with Crippen molar-refractivity contribution in [1.29, 1.82) is 0 Å². The molecule has 0 saturated heterocycles. The Morgan fingerprint density at radius 2 is 1.69 bits per heavy atom. The van der Waals surface area contributed by atoms with E-state index in [9.17, 15) is 17.6 Å². The van der Waals surface area contributed by atoms with Gasteiger partial charge in [-0.05, 0) is 35.7 Å². The zero-order valence-electron chi connectivity index (χ0n) is 12.8. The summed E-state index contributed by atoms with van der Waals surface area (Å²) in [7, 11) is 0. The molecule has 3 aromatic heterocycles. The SMILES string of the molecule is Fc1ccc2cc(-c3cc(-c4noc(C(F)(F)F)n4)ccn3)ncc2c1. The van der Waals surface area contributed by atoms with Crippen LogP contribution in [0.25, 0.3) is 33.5 Å². The summed E-state index contributed by atoms with van der Waals surface area (Å²) in [6, 6.07) is 8.96. The Morgan fingerprint density at radius 3 is 2.46 bits per heavy atom. The van der Waals surface area contributed by atoms with E-state index >= 15 is 0 Å². The molecule has 0 atom stereocenters. The predicted molar refractivity (Wildman–Crippen MR) is 83.2 cm³/mol. The number of nitrogens with zero attached hydrogens (tertiary/aromatic N) is 4. The minimum absolute atomic E-state index is 0.205. The van der Waals surface area contributed by atoms with Crippen LogP contribution in [0.1, 0.15) is 5.89 Å². The smallest absolute Gasteiger partial charge is 0.329 e. The Kier molecular flexibility index (Phi) is 3.64. The Labute approximate surface area is 143 Å². The van der Waals surface area contributed by atoms with E-state index in [0.717, 1.165) is 5.39 Å². The molecule has 26 heavy (non-hydrogen) atoms. The van der Waals surface area contributed by atoms with Crippen LogP contribution in [0.15, 0.2) is 53.3 Å². The first-order chi connectivity index (χ1) is 12.4. The summed E-state index contributed by atoms with van der Waals surface area (Å²) < 4.78 is 55.3. The van der Waals surface area contributed by atoms with Gasteiger partial charge in [0.05, 0.1) is 11.4 Å². The second-order valence-electron chi connectivity index (χ2n) is 5.41. The first-order valence-electron chi connectivity index (χ1n) is 7.33. The minimum Gasteiger partial charge on any atom is -0.329 e. The lowest BCUT2D eigenvalue weighted by atomic mass is 10.1. The van der Waals surface area contributed by atoms with Gasteiger partial charge in [0.25, 0.3) is 0 Å². The van der Waals surface area contributed by atoms with Gasteiger partial charge in [0.1, 0.15) is 5.82 Å². The van der Waals surface area contributed by atoms with E-state index in [1.165, 1.54) is 36.7 Å². The molecule has 0 amide bonds. The number of pyridine rings is 2. The summed E-state index contributed by atoms with van der Waals surface area (Å²) in [5.74, 6) is -2.00. The van der Waals surface area contributed by atoms with Crippen LogP contribution in [0, 0.1) is 5.82 Å². The van der Waals surface area contributed by atoms with Crippen molar-refractivity contribution in [3.05, 3.63) is 60.5 Å². The quantitative estimate of drug-likeness (QED) is 0.492. The average Bonchev–Trinajstić information content (AvgIpc) is 3.12. The standard InChI is InChI=1S/C17H8F4N4O/c18-12-2-1-9-6-14(23-8-11(9)5-12)13-7-10(3-4-22-13)15-24-16(26-25-15)17(19,20)21/h1-8H. The molecule has 3 heterocycles. The molecule has 0 radical (unpaired) electrons. The molecule has 0 fully saturated rings. The number of alkyl halides is 3. The Hall–Kier alpha value is -3.36. The van der Waals surface area contributed by atoms with E-state index < -0.39 is 12.1 Å². The van der Waals surface area contributed by atoms with E-state index in [0.29, 0.717) is 22.3 Å². The van der Waals surface area contributed by atoms with Crippen molar-refractivity contribution in [2.75, 3.05) is 0 Å². The molecule has 0 aliphatic carbocycles. The van der Waals surface area contributed by atoms with Crippen molar-refractivity contribution in [3.8, 4) is 22.8 Å². The van der Waals surface area contributed by atoms with Crippen LogP contribution in [0.4, 0.5) is 17.6 Å². The average molecular weight is 360 g/mol. The molecule has 0 spiro atoms. The molecular weight excluding hydrogens is 352 g/mol. The van der Waals surface area contributed by atoms with Crippen LogP contribution in [0.3, 0.4) is 0 Å². The van der Waals surface area contributed by atoms with Gasteiger partial charge in [0, 0.05) is 23.3 Å². The van der Waals surface area contributed by atoms with E-state index in [2.05, 4.69) is 24.6 Å². The Bertz CT molecular complexity index is 1110. The van der Waals surface area contributed by atoms with E-state index in [1.54, 1.807) is 12.1 Å². The van der Waals surface area contributed by atoms with Crippen LogP contribution < -0.4 is 0 Å². The monoisotopic (exact) mass is 360 g/mol. The summed E-state index contributed by atoms with van der Waals surface area (Å²) in [6.07, 6.45) is -1.81. The number of fused-ring (bicyclic) bond motifs is 1. The van der Waals surface area contributed by atoms with Crippen LogP contribution in [0.5, 0.6) is 0 Å². The fraction of sp³-hybridized carbons (Fsp3) is 0.0588. The van der Waals surface area contributed by atoms with Crippen molar-refractivity contribution in [2.45, 2.75) is 6.18 Å². The highest BCUT2D eigenvalue weighted by Crippen LogP contribution is 2.30. The first kappa shape index (κ1) is 16.1. The minimum atomic E-state index is -4.71. The number of hydrogen-bond acceptors (Lipinski definition) is 5. The van der Waals surface area contributed by atoms with Crippen molar-refractivity contribution >= 4 is 10.8 Å². The maximum atomic E-state index is 13.2. The van der Waals surface area contributed by atoms with Crippen LogP contribution in [-0.2, 0) is 6.18 Å². The molecule has 0 bridgehead atoms. The summed E-state index contributed by atoms with van der Waals surface area (Å²) in [4.78, 5) is 11.7. The lowest BCUT2D eigenvalue weighted by Crippen LogP contribution is -2.04. The fourth-order valence-electron chi connectivity index (χ4n) is 2.42. The summed E-state index contributed by atoms with van der Waals surface area (Å²) in [5, 5.41) is 4.73. The molecule has 0 saturated carbocycles. The molecule has 0 unspecified atom stereocenters. The normalized spacial score (nSPS) is 11.8. The summed E-state index contributed by atoms with van der Waals surface area (Å²) in [6.45, 7) is 0. The molecule has 0 aliphatic heterocycles. The van der Waals surface area contributed by atoms with E-state index in [4.69, 9.17) is 0 Å². The number of benzene rings is 1. The molecule has 4 rings (SSSR count). The van der Waals surface area contributed by atoms with Gasteiger partial charge >= 0.3 is 12.1 Å². The highest BCUT2D eigenvalue weighted by Gasteiger charge is 2.38. The predicted octanol–water partition coefficient (Wildman–Crippen LogP) is 4.50. The fourth-order valence-corrected chi connectivity index (χ4v) is 2.42.